The summed E-state index contributed by atoms with van der Waals surface area (Å²) in [6.07, 6.45) is 3.65. The molecular formula is C15H26BrN3O2. The van der Waals surface area contributed by atoms with Crippen LogP contribution in [0.25, 0.3) is 0 Å². The van der Waals surface area contributed by atoms with Gasteiger partial charge in [0.05, 0.1) is 13.2 Å². The zero-order chi connectivity index (χ0) is 15.5. The predicted octanol–water partition coefficient (Wildman–Crippen LogP) is 2.22. The van der Waals surface area contributed by atoms with E-state index in [1.807, 2.05) is 20.0 Å². The average Bonchev–Trinajstić information content (AvgIpc) is 2.48. The highest BCUT2D eigenvalue weighted by atomic mass is 79.9. The van der Waals surface area contributed by atoms with Crippen molar-refractivity contribution in [2.24, 2.45) is 5.73 Å². The van der Waals surface area contributed by atoms with Crippen molar-refractivity contribution in [3.63, 3.8) is 0 Å². The maximum Gasteiger partial charge on any atom is 0.0593 e. The maximum absolute atomic E-state index is 6.00. The molecule has 1 aromatic heterocycles. The molecule has 0 radical (unpaired) electrons. The molecule has 1 atom stereocenters. The molecule has 1 rings (SSSR count). The minimum Gasteiger partial charge on any atom is -0.380 e. The first-order chi connectivity index (χ1) is 10.2. The third-order valence-electron chi connectivity index (χ3n) is 3.23. The molecule has 0 aliphatic heterocycles. The number of halogens is 1. The van der Waals surface area contributed by atoms with Crippen LogP contribution in [-0.2, 0) is 9.47 Å². The van der Waals surface area contributed by atoms with Gasteiger partial charge in [0, 0.05) is 55.8 Å². The van der Waals surface area contributed by atoms with E-state index in [0.717, 1.165) is 36.3 Å². The van der Waals surface area contributed by atoms with Crippen molar-refractivity contribution in [1.82, 2.24) is 9.88 Å². The van der Waals surface area contributed by atoms with E-state index >= 15 is 0 Å². The second-order valence-corrected chi connectivity index (χ2v) is 5.53. The molecule has 21 heavy (non-hydrogen) atoms. The molecule has 0 amide bonds. The Balaban J connectivity index is 2.75. The number of pyridine rings is 1. The lowest BCUT2D eigenvalue weighted by Gasteiger charge is -2.31. The summed E-state index contributed by atoms with van der Waals surface area (Å²) < 4.78 is 11.9. The Morgan fingerprint density at radius 3 is 2.29 bits per heavy atom. The van der Waals surface area contributed by atoms with E-state index < -0.39 is 0 Å². The fourth-order valence-corrected chi connectivity index (χ4v) is 2.56. The molecule has 0 aromatic carbocycles. The third-order valence-corrected chi connectivity index (χ3v) is 3.66. The summed E-state index contributed by atoms with van der Waals surface area (Å²) in [6, 6.07) is 2.19. The van der Waals surface area contributed by atoms with E-state index in [-0.39, 0.29) is 6.04 Å². The first-order valence-electron chi connectivity index (χ1n) is 7.42. The van der Waals surface area contributed by atoms with Gasteiger partial charge in [0.25, 0.3) is 0 Å². The molecule has 0 saturated carbocycles. The second-order valence-electron chi connectivity index (χ2n) is 4.62. The van der Waals surface area contributed by atoms with Gasteiger partial charge in [-0.1, -0.05) is 0 Å². The number of hydrogen-bond acceptors (Lipinski definition) is 5. The van der Waals surface area contributed by atoms with Crippen molar-refractivity contribution in [3.05, 3.63) is 28.5 Å². The number of rotatable bonds is 11. The molecule has 1 unspecified atom stereocenters. The molecule has 0 spiro atoms. The Bertz CT molecular complexity index is 383. The monoisotopic (exact) mass is 359 g/mol. The van der Waals surface area contributed by atoms with Crippen LogP contribution >= 0.6 is 15.9 Å². The van der Waals surface area contributed by atoms with Crippen LogP contribution in [0.15, 0.2) is 22.9 Å². The van der Waals surface area contributed by atoms with Gasteiger partial charge >= 0.3 is 0 Å². The number of hydrogen-bond donors (Lipinski definition) is 1. The number of ether oxygens (including phenoxy) is 2. The highest BCUT2D eigenvalue weighted by Crippen LogP contribution is 2.21. The lowest BCUT2D eigenvalue weighted by molar-refractivity contribution is 0.0639. The summed E-state index contributed by atoms with van der Waals surface area (Å²) in [5, 5.41) is 0. The molecule has 2 N–H and O–H groups in total. The lowest BCUT2D eigenvalue weighted by Crippen LogP contribution is -2.38. The van der Waals surface area contributed by atoms with Crippen LogP contribution in [0.4, 0.5) is 0 Å². The van der Waals surface area contributed by atoms with Crippen molar-refractivity contribution >= 4 is 15.9 Å². The topological polar surface area (TPSA) is 60.6 Å². The summed E-state index contributed by atoms with van der Waals surface area (Å²) in [4.78, 5) is 6.54. The quantitative estimate of drug-likeness (QED) is 0.613. The fraction of sp³-hybridized carbons (Fsp3) is 0.667. The summed E-state index contributed by atoms with van der Waals surface area (Å²) in [5.41, 5.74) is 7.11. The Morgan fingerprint density at radius 2 is 1.81 bits per heavy atom. The van der Waals surface area contributed by atoms with E-state index in [4.69, 9.17) is 15.2 Å². The zero-order valence-corrected chi connectivity index (χ0v) is 14.5. The van der Waals surface area contributed by atoms with Crippen molar-refractivity contribution in [2.45, 2.75) is 19.9 Å². The van der Waals surface area contributed by atoms with Gasteiger partial charge in [-0.25, -0.2) is 0 Å². The third kappa shape index (κ3) is 6.84. The largest absolute Gasteiger partial charge is 0.380 e. The smallest absolute Gasteiger partial charge is 0.0593 e. The van der Waals surface area contributed by atoms with Gasteiger partial charge in [-0.15, -0.1) is 0 Å². The van der Waals surface area contributed by atoms with E-state index in [0.29, 0.717) is 19.8 Å². The predicted molar refractivity (Wildman–Crippen MR) is 88.3 cm³/mol. The first-order valence-corrected chi connectivity index (χ1v) is 8.22. The molecule has 0 bridgehead atoms. The Kier molecular flexibility index (Phi) is 9.78. The van der Waals surface area contributed by atoms with Crippen LogP contribution in [0.1, 0.15) is 25.5 Å². The van der Waals surface area contributed by atoms with Gasteiger partial charge in [-0.3, -0.25) is 9.88 Å². The number of nitrogens with two attached hydrogens (primary N) is 1. The van der Waals surface area contributed by atoms with Crippen molar-refractivity contribution in [2.75, 3.05) is 46.1 Å². The molecule has 1 heterocycles. The van der Waals surface area contributed by atoms with Gasteiger partial charge in [0.2, 0.25) is 0 Å². The summed E-state index contributed by atoms with van der Waals surface area (Å²) in [7, 11) is 0. The first kappa shape index (κ1) is 18.5. The molecule has 1 aromatic rings. The molecule has 5 nitrogen and oxygen atoms in total. The molecule has 0 fully saturated rings. The van der Waals surface area contributed by atoms with Crippen LogP contribution in [-0.4, -0.2) is 55.9 Å². The average molecular weight is 360 g/mol. The van der Waals surface area contributed by atoms with Crippen LogP contribution in [0, 0.1) is 0 Å². The van der Waals surface area contributed by atoms with Crippen LogP contribution < -0.4 is 5.73 Å². The fourth-order valence-electron chi connectivity index (χ4n) is 2.18. The molecule has 0 aliphatic rings. The normalized spacial score (nSPS) is 12.8. The van der Waals surface area contributed by atoms with Crippen molar-refractivity contribution in [3.8, 4) is 0 Å². The van der Waals surface area contributed by atoms with Gasteiger partial charge < -0.3 is 15.2 Å². The second kappa shape index (κ2) is 11.1. The van der Waals surface area contributed by atoms with Crippen molar-refractivity contribution in [1.29, 1.82) is 0 Å². The summed E-state index contributed by atoms with van der Waals surface area (Å²) >= 11 is 3.47. The molecule has 0 saturated heterocycles. The molecular weight excluding hydrogens is 334 g/mol. The SMILES string of the molecule is CCOCCN(CCOCC)C(CN)c1cncc(Br)c1. The van der Waals surface area contributed by atoms with E-state index in [9.17, 15) is 0 Å². The van der Waals surface area contributed by atoms with Gasteiger partial charge in [0.1, 0.15) is 0 Å². The summed E-state index contributed by atoms with van der Waals surface area (Å²) in [6.45, 7) is 9.05. The van der Waals surface area contributed by atoms with Gasteiger partial charge in [-0.05, 0) is 41.4 Å². The number of nitrogens with zero attached hydrogens (tertiary/aromatic N) is 2. The Labute approximate surface area is 135 Å². The van der Waals surface area contributed by atoms with Crippen LogP contribution in [0.3, 0.4) is 0 Å². The zero-order valence-electron chi connectivity index (χ0n) is 12.9. The van der Waals surface area contributed by atoms with Gasteiger partial charge in [-0.2, -0.15) is 0 Å². The van der Waals surface area contributed by atoms with Crippen LogP contribution in [0.2, 0.25) is 0 Å². The summed E-state index contributed by atoms with van der Waals surface area (Å²) in [5.74, 6) is 0. The standard InChI is InChI=1S/C15H26BrN3O2/c1-3-20-7-5-19(6-8-21-4-2)15(10-17)13-9-14(16)12-18-11-13/h9,11-12,15H,3-8,10,17H2,1-2H3. The molecule has 0 aliphatic carbocycles. The highest BCUT2D eigenvalue weighted by molar-refractivity contribution is 9.10. The maximum atomic E-state index is 6.00. The Morgan fingerprint density at radius 1 is 1.19 bits per heavy atom. The number of aromatic nitrogens is 1. The van der Waals surface area contributed by atoms with E-state index in [1.54, 1.807) is 6.20 Å². The molecule has 6 heteroatoms. The van der Waals surface area contributed by atoms with Crippen molar-refractivity contribution < 1.29 is 9.47 Å². The van der Waals surface area contributed by atoms with E-state index in [1.165, 1.54) is 0 Å². The van der Waals surface area contributed by atoms with Crippen LogP contribution in [0.5, 0.6) is 0 Å². The minimum atomic E-state index is 0.121. The minimum absolute atomic E-state index is 0.121. The molecule has 120 valence electrons. The lowest BCUT2D eigenvalue weighted by atomic mass is 10.1. The van der Waals surface area contributed by atoms with E-state index in [2.05, 4.69) is 31.9 Å². The van der Waals surface area contributed by atoms with Gasteiger partial charge in [0.15, 0.2) is 0 Å². The Hall–Kier alpha value is -0.530. The highest BCUT2D eigenvalue weighted by Gasteiger charge is 2.19.